The predicted octanol–water partition coefficient (Wildman–Crippen LogP) is 8.22. The van der Waals surface area contributed by atoms with Crippen molar-refractivity contribution in [2.24, 2.45) is 0 Å². The molecule has 0 heterocycles. The van der Waals surface area contributed by atoms with Crippen LogP contribution in [0.4, 0.5) is 0 Å². The Balaban J connectivity index is 1.19. The maximum absolute atomic E-state index is 2.37. The topological polar surface area (TPSA) is 0 Å². The fourth-order valence-electron chi connectivity index (χ4n) is 5.33. The zero-order valence-corrected chi connectivity index (χ0v) is 28.0. The van der Waals surface area contributed by atoms with Gasteiger partial charge in [-0.05, 0) is 64.7 Å². The van der Waals surface area contributed by atoms with Crippen LogP contribution in [0.1, 0.15) is 11.1 Å². The summed E-state index contributed by atoms with van der Waals surface area (Å²) in [6, 6.07) is 62.8. The van der Waals surface area contributed by atoms with E-state index in [1.807, 2.05) is 0 Å². The van der Waals surface area contributed by atoms with Gasteiger partial charge in [-0.3, -0.25) is 0 Å². The van der Waals surface area contributed by atoms with Crippen LogP contribution in [0.25, 0.3) is 0 Å². The molecule has 0 nitrogen and oxygen atoms in total. The van der Waals surface area contributed by atoms with Crippen LogP contribution in [0, 0.1) is 0 Å². The third-order valence-corrected chi connectivity index (χ3v) is 15.7. The maximum Gasteiger partial charge on any atom is 0.00137 e. The van der Waals surface area contributed by atoms with E-state index in [1.165, 1.54) is 48.9 Å². The Hall–Kier alpha value is -2.96. The van der Waals surface area contributed by atoms with Crippen LogP contribution in [0.15, 0.2) is 170 Å². The number of benzene rings is 6. The van der Waals surface area contributed by atoms with Gasteiger partial charge in [0.05, 0.1) is 0 Å². The van der Waals surface area contributed by atoms with Crippen molar-refractivity contribution in [2.45, 2.75) is 12.3 Å². The molecule has 6 aromatic rings. The Morgan fingerprint density at radius 2 is 0.605 bits per heavy atom. The number of rotatable bonds is 12. The van der Waals surface area contributed by atoms with Gasteiger partial charge in [0.2, 0.25) is 0 Å². The van der Waals surface area contributed by atoms with E-state index in [-0.39, 0.29) is 0 Å². The summed E-state index contributed by atoms with van der Waals surface area (Å²) in [5.41, 5.74) is 3.02. The monoisotopic (exact) mass is 628 g/mol. The molecule has 0 spiro atoms. The van der Waals surface area contributed by atoms with Crippen molar-refractivity contribution in [1.82, 2.24) is 0 Å². The van der Waals surface area contributed by atoms with Gasteiger partial charge in [0, 0.05) is 12.3 Å². The lowest BCUT2D eigenvalue weighted by Crippen LogP contribution is -2.16. The second kappa shape index (κ2) is 15.7. The molecular weight excluding hydrogens is 592 g/mol. The minimum atomic E-state index is -0.453. The molecule has 0 bridgehead atoms. The zero-order valence-electron chi connectivity index (χ0n) is 24.2. The van der Waals surface area contributed by atoms with Crippen molar-refractivity contribution in [3.63, 3.8) is 0 Å². The Labute approximate surface area is 263 Å². The molecule has 0 aliphatic carbocycles. The fraction of sp³-hybridized carbons (Fsp3) is 0.0769. The summed E-state index contributed by atoms with van der Waals surface area (Å²) in [7, 11) is 0.714. The van der Waals surface area contributed by atoms with Gasteiger partial charge in [-0.25, -0.2) is 0 Å². The standard InChI is InChI=1S/C39H36P4/c1-5-19-34(20-6-1)42(35-21-7-2-8-22-35)29-32-17-13-15-27-38(32)40-31-41-39-28-16-14-18-33(39)30-43(36-23-9-3-10-24-36)37-25-11-4-12-26-37/h1-28,40-41H,29-31H2. The molecule has 212 valence electrons. The first-order valence-corrected chi connectivity index (χ1v) is 20.2. The highest BCUT2D eigenvalue weighted by Crippen LogP contribution is 2.40. The molecule has 0 fully saturated rings. The molecule has 0 saturated heterocycles. The molecule has 0 saturated carbocycles. The smallest absolute Gasteiger partial charge is 0.00137 e. The minimum Gasteiger partial charge on any atom is -0.0856 e. The van der Waals surface area contributed by atoms with Crippen LogP contribution in [0.5, 0.6) is 0 Å². The van der Waals surface area contributed by atoms with Gasteiger partial charge in [-0.1, -0.05) is 187 Å². The van der Waals surface area contributed by atoms with Crippen LogP contribution in [-0.4, -0.2) is 5.90 Å². The third-order valence-electron chi connectivity index (χ3n) is 7.52. The van der Waals surface area contributed by atoms with E-state index in [9.17, 15) is 0 Å². The van der Waals surface area contributed by atoms with Gasteiger partial charge in [-0.2, -0.15) is 0 Å². The largest absolute Gasteiger partial charge is 0.0856 e. The van der Waals surface area contributed by atoms with E-state index in [0.29, 0.717) is 0 Å². The van der Waals surface area contributed by atoms with Crippen LogP contribution in [0.2, 0.25) is 0 Å². The quantitative estimate of drug-likeness (QED) is 0.120. The van der Waals surface area contributed by atoms with Crippen molar-refractivity contribution < 1.29 is 0 Å². The average molecular weight is 629 g/mol. The van der Waals surface area contributed by atoms with Gasteiger partial charge in [0.15, 0.2) is 0 Å². The molecular formula is C39H36P4. The summed E-state index contributed by atoms with van der Waals surface area (Å²) in [4.78, 5) is 0. The Morgan fingerprint density at radius 1 is 0.326 bits per heavy atom. The van der Waals surface area contributed by atoms with Crippen LogP contribution < -0.4 is 31.8 Å². The SMILES string of the molecule is c1ccc(P(Cc2ccccc2PCPc2ccccc2CP(c2ccccc2)c2ccccc2)c2ccccc2)cc1. The van der Waals surface area contributed by atoms with Gasteiger partial charge >= 0.3 is 0 Å². The average Bonchev–Trinajstić information content (AvgIpc) is 3.09. The summed E-state index contributed by atoms with van der Waals surface area (Å²) < 4.78 is 0. The van der Waals surface area contributed by atoms with Crippen molar-refractivity contribution in [3.05, 3.63) is 181 Å². The van der Waals surface area contributed by atoms with Crippen molar-refractivity contribution in [1.29, 1.82) is 0 Å². The van der Waals surface area contributed by atoms with Crippen LogP contribution >= 0.6 is 33.0 Å². The van der Waals surface area contributed by atoms with E-state index in [4.69, 9.17) is 0 Å². The van der Waals surface area contributed by atoms with Crippen molar-refractivity contribution >= 4 is 64.8 Å². The molecule has 0 aliphatic heterocycles. The van der Waals surface area contributed by atoms with Crippen LogP contribution in [0.3, 0.4) is 0 Å². The normalized spacial score (nSPS) is 11.8. The van der Waals surface area contributed by atoms with Crippen molar-refractivity contribution in [2.75, 3.05) is 5.90 Å². The lowest BCUT2D eigenvalue weighted by molar-refractivity contribution is 1.44. The summed E-state index contributed by atoms with van der Waals surface area (Å²) in [5.74, 6) is 1.21. The fourth-order valence-corrected chi connectivity index (χ4v) is 13.4. The summed E-state index contributed by atoms with van der Waals surface area (Å²) >= 11 is 0. The van der Waals surface area contributed by atoms with E-state index in [1.54, 1.807) is 0 Å². The molecule has 4 heteroatoms. The molecule has 0 amide bonds. The Bertz CT molecular complexity index is 1480. The molecule has 2 unspecified atom stereocenters. The van der Waals surface area contributed by atoms with E-state index in [0.717, 1.165) is 29.5 Å². The Morgan fingerprint density at radius 3 is 0.930 bits per heavy atom. The second-order valence-electron chi connectivity index (χ2n) is 10.4. The molecule has 0 aliphatic rings. The second-order valence-corrected chi connectivity index (χ2v) is 18.0. The maximum atomic E-state index is 2.37. The Kier molecular flexibility index (Phi) is 11.0. The molecule has 6 rings (SSSR count). The molecule has 2 atom stereocenters. The highest BCUT2D eigenvalue weighted by atomic mass is 31.1. The first-order chi connectivity index (χ1) is 21.3. The molecule has 43 heavy (non-hydrogen) atoms. The third kappa shape index (κ3) is 8.16. The van der Waals surface area contributed by atoms with Gasteiger partial charge in [-0.15, -0.1) is 0 Å². The first-order valence-electron chi connectivity index (χ1n) is 14.7. The van der Waals surface area contributed by atoms with Crippen LogP contribution in [-0.2, 0) is 12.3 Å². The summed E-state index contributed by atoms with van der Waals surface area (Å²) in [5, 5.41) is 8.86. The minimum absolute atomic E-state index is 0.453. The highest BCUT2D eigenvalue weighted by molar-refractivity contribution is 7.72. The lowest BCUT2D eigenvalue weighted by atomic mass is 10.2. The van der Waals surface area contributed by atoms with E-state index < -0.39 is 15.8 Å². The van der Waals surface area contributed by atoms with E-state index >= 15 is 0 Å². The van der Waals surface area contributed by atoms with Gasteiger partial charge in [0.1, 0.15) is 0 Å². The summed E-state index contributed by atoms with van der Waals surface area (Å²) in [6.07, 6.45) is 2.18. The lowest BCUT2D eigenvalue weighted by Gasteiger charge is -2.21. The molecule has 0 aromatic heterocycles. The van der Waals surface area contributed by atoms with Gasteiger partial charge < -0.3 is 0 Å². The molecule has 6 aromatic carbocycles. The van der Waals surface area contributed by atoms with Crippen molar-refractivity contribution in [3.8, 4) is 0 Å². The summed E-state index contributed by atoms with van der Waals surface area (Å²) in [6.45, 7) is 0. The zero-order chi connectivity index (χ0) is 29.1. The number of hydrogen-bond acceptors (Lipinski definition) is 0. The number of hydrogen-bond donors (Lipinski definition) is 0. The highest BCUT2D eigenvalue weighted by Gasteiger charge is 2.18. The predicted molar refractivity (Wildman–Crippen MR) is 199 cm³/mol. The van der Waals surface area contributed by atoms with Gasteiger partial charge in [0.25, 0.3) is 0 Å². The molecule has 0 radical (unpaired) electrons. The van der Waals surface area contributed by atoms with E-state index in [2.05, 4.69) is 170 Å². The first kappa shape index (κ1) is 30.1. The molecule has 0 N–H and O–H groups in total.